The van der Waals surface area contributed by atoms with Crippen LogP contribution in [0.3, 0.4) is 0 Å². The lowest BCUT2D eigenvalue weighted by Gasteiger charge is -2.16. The zero-order valence-electron chi connectivity index (χ0n) is 10.7. The molecule has 0 bridgehead atoms. The standard InChI is InChI=1S/C12H20N2O4/c1-12(2)3-7(12)4-13-11(17)14-9-6-18-5-8(9)10(15)16/h7-9H,3-6H2,1-2H3,(H,15,16)(H2,13,14,17). The molecular weight excluding hydrogens is 236 g/mol. The van der Waals surface area contributed by atoms with Gasteiger partial charge >= 0.3 is 12.0 Å². The fourth-order valence-corrected chi connectivity index (χ4v) is 2.30. The number of carboxylic acids is 1. The Bertz CT molecular complexity index is 356. The first-order chi connectivity index (χ1) is 8.40. The summed E-state index contributed by atoms with van der Waals surface area (Å²) in [6.07, 6.45) is 1.12. The molecule has 0 radical (unpaired) electrons. The SMILES string of the molecule is CC1(C)CC1CNC(=O)NC1COCC1C(=O)O. The van der Waals surface area contributed by atoms with Crippen LogP contribution in [0.1, 0.15) is 20.3 Å². The number of ether oxygens (including phenoxy) is 1. The number of hydrogen-bond donors (Lipinski definition) is 3. The first-order valence-electron chi connectivity index (χ1n) is 6.25. The number of amides is 2. The van der Waals surface area contributed by atoms with Gasteiger partial charge in [0.05, 0.1) is 19.3 Å². The first kappa shape index (κ1) is 13.1. The van der Waals surface area contributed by atoms with E-state index in [2.05, 4.69) is 24.5 Å². The minimum Gasteiger partial charge on any atom is -0.481 e. The van der Waals surface area contributed by atoms with Crippen molar-refractivity contribution in [3.8, 4) is 0 Å². The Morgan fingerprint density at radius 1 is 1.39 bits per heavy atom. The molecule has 2 amide bonds. The molecule has 1 aliphatic heterocycles. The van der Waals surface area contributed by atoms with Crippen molar-refractivity contribution in [3.05, 3.63) is 0 Å². The van der Waals surface area contributed by atoms with E-state index in [1.54, 1.807) is 0 Å². The number of carbonyl (C=O) groups excluding carboxylic acids is 1. The second-order valence-electron chi connectivity index (χ2n) is 5.83. The summed E-state index contributed by atoms with van der Waals surface area (Å²) in [6, 6.07) is -0.742. The summed E-state index contributed by atoms with van der Waals surface area (Å²) in [7, 11) is 0. The van der Waals surface area contributed by atoms with Crippen molar-refractivity contribution in [3.63, 3.8) is 0 Å². The Balaban J connectivity index is 1.72. The number of carboxylic acid groups (broad SMARTS) is 1. The van der Waals surface area contributed by atoms with Gasteiger partial charge in [0.15, 0.2) is 0 Å². The molecule has 2 fully saturated rings. The van der Waals surface area contributed by atoms with Gasteiger partial charge in [-0.05, 0) is 17.8 Å². The van der Waals surface area contributed by atoms with Gasteiger partial charge < -0.3 is 20.5 Å². The Labute approximate surface area is 106 Å². The summed E-state index contributed by atoms with van der Waals surface area (Å²) in [6.45, 7) is 5.41. The minimum atomic E-state index is -0.930. The highest BCUT2D eigenvalue weighted by atomic mass is 16.5. The highest BCUT2D eigenvalue weighted by Crippen LogP contribution is 2.50. The van der Waals surface area contributed by atoms with Crippen molar-refractivity contribution >= 4 is 12.0 Å². The predicted octanol–water partition coefficient (Wildman–Crippen LogP) is 0.431. The van der Waals surface area contributed by atoms with Crippen LogP contribution >= 0.6 is 0 Å². The van der Waals surface area contributed by atoms with E-state index in [0.29, 0.717) is 17.9 Å². The Hall–Kier alpha value is -1.30. The summed E-state index contributed by atoms with van der Waals surface area (Å²) < 4.78 is 5.08. The summed E-state index contributed by atoms with van der Waals surface area (Å²) in [5.74, 6) is -1.05. The molecule has 3 N–H and O–H groups in total. The van der Waals surface area contributed by atoms with Crippen LogP contribution in [0.25, 0.3) is 0 Å². The van der Waals surface area contributed by atoms with Crippen molar-refractivity contribution in [2.75, 3.05) is 19.8 Å². The zero-order valence-corrected chi connectivity index (χ0v) is 10.7. The van der Waals surface area contributed by atoms with E-state index in [-0.39, 0.29) is 19.2 Å². The fourth-order valence-electron chi connectivity index (χ4n) is 2.30. The van der Waals surface area contributed by atoms with Gasteiger partial charge in [-0.25, -0.2) is 4.79 Å². The molecule has 1 saturated carbocycles. The largest absolute Gasteiger partial charge is 0.481 e. The number of rotatable bonds is 4. The molecule has 102 valence electrons. The molecule has 3 atom stereocenters. The summed E-state index contributed by atoms with van der Waals surface area (Å²) >= 11 is 0. The topological polar surface area (TPSA) is 87.7 Å². The second-order valence-corrected chi connectivity index (χ2v) is 5.83. The molecule has 0 aromatic heterocycles. The molecule has 2 aliphatic rings. The normalized spacial score (nSPS) is 32.9. The maximum absolute atomic E-state index is 11.6. The molecule has 0 aromatic carbocycles. The van der Waals surface area contributed by atoms with Crippen LogP contribution in [-0.2, 0) is 9.53 Å². The van der Waals surface area contributed by atoms with E-state index >= 15 is 0 Å². The van der Waals surface area contributed by atoms with E-state index in [1.165, 1.54) is 0 Å². The molecule has 6 nitrogen and oxygen atoms in total. The lowest BCUT2D eigenvalue weighted by Crippen LogP contribution is -2.47. The molecule has 0 spiro atoms. The van der Waals surface area contributed by atoms with Crippen LogP contribution in [0.2, 0.25) is 0 Å². The van der Waals surface area contributed by atoms with E-state index < -0.39 is 17.9 Å². The molecular formula is C12H20N2O4. The third-order valence-electron chi connectivity index (χ3n) is 3.94. The number of hydrogen-bond acceptors (Lipinski definition) is 3. The zero-order chi connectivity index (χ0) is 13.3. The van der Waals surface area contributed by atoms with Crippen molar-refractivity contribution in [2.24, 2.45) is 17.3 Å². The number of nitrogens with one attached hydrogen (secondary N) is 2. The molecule has 0 aromatic rings. The fraction of sp³-hybridized carbons (Fsp3) is 0.833. The summed E-state index contributed by atoms with van der Waals surface area (Å²) in [5, 5.41) is 14.4. The Morgan fingerprint density at radius 2 is 2.06 bits per heavy atom. The van der Waals surface area contributed by atoms with Crippen molar-refractivity contribution < 1.29 is 19.4 Å². The molecule has 1 saturated heterocycles. The van der Waals surface area contributed by atoms with Gasteiger partial charge in [0.25, 0.3) is 0 Å². The average molecular weight is 256 g/mol. The maximum atomic E-state index is 11.6. The Kier molecular flexibility index (Phi) is 3.47. The van der Waals surface area contributed by atoms with Crippen LogP contribution in [0.4, 0.5) is 4.79 Å². The van der Waals surface area contributed by atoms with Crippen molar-refractivity contribution in [2.45, 2.75) is 26.3 Å². The van der Waals surface area contributed by atoms with Crippen LogP contribution < -0.4 is 10.6 Å². The van der Waals surface area contributed by atoms with Crippen molar-refractivity contribution in [1.29, 1.82) is 0 Å². The van der Waals surface area contributed by atoms with Crippen molar-refractivity contribution in [1.82, 2.24) is 10.6 Å². The Morgan fingerprint density at radius 3 is 2.61 bits per heavy atom. The number of aliphatic carboxylic acids is 1. The van der Waals surface area contributed by atoms with Gasteiger partial charge in [-0.2, -0.15) is 0 Å². The van der Waals surface area contributed by atoms with E-state index in [0.717, 1.165) is 6.42 Å². The van der Waals surface area contributed by atoms with Gasteiger partial charge in [-0.3, -0.25) is 4.79 Å². The molecule has 1 aliphatic carbocycles. The van der Waals surface area contributed by atoms with E-state index in [1.807, 2.05) is 0 Å². The van der Waals surface area contributed by atoms with Gasteiger partial charge in [0, 0.05) is 6.54 Å². The lowest BCUT2D eigenvalue weighted by molar-refractivity contribution is -0.142. The second kappa shape index (κ2) is 4.76. The maximum Gasteiger partial charge on any atom is 0.315 e. The number of urea groups is 1. The molecule has 2 rings (SSSR count). The highest BCUT2D eigenvalue weighted by Gasteiger charge is 2.45. The molecule has 18 heavy (non-hydrogen) atoms. The molecule has 3 unspecified atom stereocenters. The average Bonchev–Trinajstić information content (AvgIpc) is 2.71. The third kappa shape index (κ3) is 2.93. The van der Waals surface area contributed by atoms with Crippen LogP contribution in [0, 0.1) is 17.3 Å². The first-order valence-corrected chi connectivity index (χ1v) is 6.25. The van der Waals surface area contributed by atoms with Gasteiger partial charge in [0.1, 0.15) is 5.92 Å². The predicted molar refractivity (Wildman–Crippen MR) is 64.2 cm³/mol. The monoisotopic (exact) mass is 256 g/mol. The van der Waals surface area contributed by atoms with Gasteiger partial charge in [-0.15, -0.1) is 0 Å². The smallest absolute Gasteiger partial charge is 0.315 e. The van der Waals surface area contributed by atoms with E-state index in [9.17, 15) is 9.59 Å². The summed E-state index contributed by atoms with van der Waals surface area (Å²) in [4.78, 5) is 22.5. The third-order valence-corrected chi connectivity index (χ3v) is 3.94. The van der Waals surface area contributed by atoms with Crippen LogP contribution in [0.5, 0.6) is 0 Å². The molecule has 1 heterocycles. The van der Waals surface area contributed by atoms with Crippen LogP contribution in [-0.4, -0.2) is 42.9 Å². The van der Waals surface area contributed by atoms with Gasteiger partial charge in [0.2, 0.25) is 0 Å². The lowest BCUT2D eigenvalue weighted by atomic mass is 10.0. The minimum absolute atomic E-state index is 0.163. The molecule has 6 heteroatoms. The highest BCUT2D eigenvalue weighted by molar-refractivity contribution is 5.77. The quantitative estimate of drug-likeness (QED) is 0.680. The summed E-state index contributed by atoms with van der Waals surface area (Å²) in [5.41, 5.74) is 0.327. The van der Waals surface area contributed by atoms with Crippen LogP contribution in [0.15, 0.2) is 0 Å². The van der Waals surface area contributed by atoms with Gasteiger partial charge in [-0.1, -0.05) is 13.8 Å². The number of carbonyl (C=O) groups is 2. The van der Waals surface area contributed by atoms with E-state index in [4.69, 9.17) is 9.84 Å².